The molecule has 0 bridgehead atoms. The number of rotatable bonds is 2. The van der Waals surface area contributed by atoms with Crippen molar-refractivity contribution in [2.75, 3.05) is 32.0 Å². The normalized spacial score (nSPS) is 22.7. The van der Waals surface area contributed by atoms with Gasteiger partial charge in [-0.3, -0.25) is 0 Å². The van der Waals surface area contributed by atoms with E-state index in [9.17, 15) is 8.42 Å². The highest BCUT2D eigenvalue weighted by Gasteiger charge is 2.42. The van der Waals surface area contributed by atoms with Crippen molar-refractivity contribution in [2.45, 2.75) is 23.5 Å². The van der Waals surface area contributed by atoms with E-state index >= 15 is 0 Å². The fourth-order valence-corrected chi connectivity index (χ4v) is 4.28. The highest BCUT2D eigenvalue weighted by Crippen LogP contribution is 2.34. The monoisotopic (exact) mass is 332 g/mol. The minimum Gasteiger partial charge on any atom is -0.397 e. The van der Waals surface area contributed by atoms with Crippen molar-refractivity contribution in [3.05, 3.63) is 23.2 Å². The van der Waals surface area contributed by atoms with Crippen LogP contribution in [0.1, 0.15) is 12.8 Å². The minimum atomic E-state index is -3.56. The van der Waals surface area contributed by atoms with E-state index in [1.54, 1.807) is 0 Å². The predicted molar refractivity (Wildman–Crippen MR) is 78.5 cm³/mol. The zero-order valence-corrected chi connectivity index (χ0v) is 13.0. The summed E-state index contributed by atoms with van der Waals surface area (Å²) in [4.78, 5) is 0.161. The van der Waals surface area contributed by atoms with Crippen molar-refractivity contribution in [1.82, 2.24) is 4.31 Å². The first-order chi connectivity index (χ1) is 9.93. The summed E-state index contributed by atoms with van der Waals surface area (Å²) < 4.78 is 37.8. The number of benzene rings is 1. The molecule has 0 aromatic heterocycles. The average Bonchev–Trinajstić information content (AvgIpc) is 2.90. The Bertz CT molecular complexity index is 634. The smallest absolute Gasteiger partial charge is 0.243 e. The maximum atomic E-state index is 12.6. The second-order valence-electron chi connectivity index (χ2n) is 5.20. The van der Waals surface area contributed by atoms with Crippen LogP contribution in [-0.4, -0.2) is 44.8 Å². The molecular weight excluding hydrogens is 316 g/mol. The molecule has 2 aliphatic heterocycles. The van der Waals surface area contributed by atoms with Gasteiger partial charge in [0.05, 0.1) is 28.8 Å². The Hall–Kier alpha value is -0.860. The first-order valence-corrected chi connectivity index (χ1v) is 8.58. The highest BCUT2D eigenvalue weighted by atomic mass is 35.5. The summed E-state index contributed by atoms with van der Waals surface area (Å²) in [6.07, 6.45) is 1.07. The molecule has 0 amide bonds. The van der Waals surface area contributed by atoms with E-state index in [1.807, 2.05) is 0 Å². The van der Waals surface area contributed by atoms with E-state index in [2.05, 4.69) is 0 Å². The molecule has 0 atom stereocenters. The molecule has 1 aromatic rings. The van der Waals surface area contributed by atoms with Gasteiger partial charge in [0.25, 0.3) is 0 Å². The fraction of sp³-hybridized carbons (Fsp3) is 0.538. The lowest BCUT2D eigenvalue weighted by Crippen LogP contribution is -2.47. The number of ether oxygens (including phenoxy) is 2. The van der Waals surface area contributed by atoms with Crippen LogP contribution in [0.3, 0.4) is 0 Å². The van der Waals surface area contributed by atoms with Gasteiger partial charge in [-0.25, -0.2) is 8.42 Å². The fourth-order valence-electron chi connectivity index (χ4n) is 2.68. The lowest BCUT2D eigenvalue weighted by atomic mass is 10.1. The molecule has 0 radical (unpaired) electrons. The van der Waals surface area contributed by atoms with Crippen LogP contribution in [0.5, 0.6) is 0 Å². The lowest BCUT2D eigenvalue weighted by molar-refractivity contribution is -0.179. The van der Waals surface area contributed by atoms with E-state index in [1.165, 1.54) is 22.5 Å². The lowest BCUT2D eigenvalue weighted by Gasteiger charge is -2.36. The molecule has 1 spiro atoms. The van der Waals surface area contributed by atoms with Crippen molar-refractivity contribution >= 4 is 27.3 Å². The molecule has 6 nitrogen and oxygen atoms in total. The first kappa shape index (κ1) is 15.1. The van der Waals surface area contributed by atoms with E-state index in [4.69, 9.17) is 26.8 Å². The van der Waals surface area contributed by atoms with E-state index in [-0.39, 0.29) is 10.6 Å². The van der Waals surface area contributed by atoms with Gasteiger partial charge in [-0.1, -0.05) is 11.6 Å². The van der Waals surface area contributed by atoms with Crippen molar-refractivity contribution in [3.63, 3.8) is 0 Å². The van der Waals surface area contributed by atoms with Gasteiger partial charge in [0.15, 0.2) is 5.79 Å². The van der Waals surface area contributed by atoms with Crippen LogP contribution < -0.4 is 5.73 Å². The molecule has 2 N–H and O–H groups in total. The van der Waals surface area contributed by atoms with Gasteiger partial charge in [-0.05, 0) is 18.2 Å². The number of hydrogen-bond acceptors (Lipinski definition) is 5. The van der Waals surface area contributed by atoms with Gasteiger partial charge >= 0.3 is 0 Å². The molecule has 0 unspecified atom stereocenters. The molecular formula is C13H17ClN2O4S. The summed E-state index contributed by atoms with van der Waals surface area (Å²) >= 11 is 5.83. The Labute approximate surface area is 128 Å². The molecule has 2 fully saturated rings. The summed E-state index contributed by atoms with van der Waals surface area (Å²) in [7, 11) is -3.56. The van der Waals surface area contributed by atoms with E-state index in [0.717, 1.165) is 0 Å². The van der Waals surface area contributed by atoms with E-state index in [0.29, 0.717) is 44.2 Å². The van der Waals surface area contributed by atoms with E-state index < -0.39 is 15.8 Å². The average molecular weight is 333 g/mol. The second-order valence-corrected chi connectivity index (χ2v) is 7.54. The SMILES string of the molecule is Nc1cc(S(=O)(=O)N2CCC3(CC2)OCCO3)ccc1Cl. The van der Waals surface area contributed by atoms with Crippen LogP contribution in [0.2, 0.25) is 5.02 Å². The Morgan fingerprint density at radius 1 is 1.19 bits per heavy atom. The Balaban J connectivity index is 1.78. The van der Waals surface area contributed by atoms with Crippen LogP contribution >= 0.6 is 11.6 Å². The largest absolute Gasteiger partial charge is 0.397 e. The quantitative estimate of drug-likeness (QED) is 0.829. The van der Waals surface area contributed by atoms with Crippen LogP contribution in [-0.2, 0) is 19.5 Å². The maximum absolute atomic E-state index is 12.6. The maximum Gasteiger partial charge on any atom is 0.243 e. The number of halogens is 1. The van der Waals surface area contributed by atoms with Gasteiger partial charge < -0.3 is 15.2 Å². The molecule has 8 heteroatoms. The van der Waals surface area contributed by atoms with Gasteiger partial charge in [-0.15, -0.1) is 0 Å². The number of hydrogen-bond donors (Lipinski definition) is 1. The predicted octanol–water partition coefficient (Wildman–Crippen LogP) is 1.45. The molecule has 0 aliphatic carbocycles. The molecule has 2 heterocycles. The third-order valence-corrected chi connectivity index (χ3v) is 6.14. The molecule has 2 saturated heterocycles. The third kappa shape index (κ3) is 2.76. The second kappa shape index (κ2) is 5.40. The summed E-state index contributed by atoms with van der Waals surface area (Å²) in [5.74, 6) is -0.592. The number of sulfonamides is 1. The topological polar surface area (TPSA) is 81.9 Å². The first-order valence-electron chi connectivity index (χ1n) is 6.76. The van der Waals surface area contributed by atoms with Crippen LogP contribution in [0.4, 0.5) is 5.69 Å². The van der Waals surface area contributed by atoms with Crippen LogP contribution in [0, 0.1) is 0 Å². The Morgan fingerprint density at radius 2 is 1.81 bits per heavy atom. The zero-order chi connectivity index (χ0) is 15.1. The molecule has 0 saturated carbocycles. The minimum absolute atomic E-state index is 0.161. The highest BCUT2D eigenvalue weighted by molar-refractivity contribution is 7.89. The van der Waals surface area contributed by atoms with Gasteiger partial charge in [0.1, 0.15) is 0 Å². The standard InChI is InChI=1S/C13H17ClN2O4S/c14-11-2-1-10(9-12(11)15)21(17,18)16-5-3-13(4-6-16)19-7-8-20-13/h1-2,9H,3-8,15H2. The number of anilines is 1. The van der Waals surface area contributed by atoms with Crippen LogP contribution in [0.25, 0.3) is 0 Å². The van der Waals surface area contributed by atoms with Gasteiger partial charge in [0, 0.05) is 25.9 Å². The van der Waals surface area contributed by atoms with Gasteiger partial charge in [0.2, 0.25) is 10.0 Å². The molecule has 3 rings (SSSR count). The van der Waals surface area contributed by atoms with Crippen molar-refractivity contribution in [1.29, 1.82) is 0 Å². The summed E-state index contributed by atoms with van der Waals surface area (Å²) in [6.45, 7) is 1.87. The molecule has 1 aromatic carbocycles. The number of nitrogens with two attached hydrogens (primary N) is 1. The molecule has 21 heavy (non-hydrogen) atoms. The number of nitrogens with zero attached hydrogens (tertiary/aromatic N) is 1. The Morgan fingerprint density at radius 3 is 2.38 bits per heavy atom. The molecule has 116 valence electrons. The van der Waals surface area contributed by atoms with Gasteiger partial charge in [-0.2, -0.15) is 4.31 Å². The number of piperidine rings is 1. The van der Waals surface area contributed by atoms with Crippen molar-refractivity contribution < 1.29 is 17.9 Å². The summed E-state index contributed by atoms with van der Waals surface area (Å²) in [5, 5.41) is 0.347. The number of nitrogen functional groups attached to an aromatic ring is 1. The van der Waals surface area contributed by atoms with Crippen molar-refractivity contribution in [2.24, 2.45) is 0 Å². The third-order valence-electron chi connectivity index (χ3n) is 3.90. The molecule has 2 aliphatic rings. The Kier molecular flexibility index (Phi) is 3.87. The van der Waals surface area contributed by atoms with Crippen molar-refractivity contribution in [3.8, 4) is 0 Å². The summed E-state index contributed by atoms with van der Waals surface area (Å²) in [6, 6.07) is 4.37. The van der Waals surface area contributed by atoms with Crippen LogP contribution in [0.15, 0.2) is 23.1 Å². The zero-order valence-electron chi connectivity index (χ0n) is 11.4. The summed E-state index contributed by atoms with van der Waals surface area (Å²) in [5.41, 5.74) is 5.94.